The highest BCUT2D eigenvalue weighted by atomic mass is 16.5. The highest BCUT2D eigenvalue weighted by molar-refractivity contribution is 5.94. The second-order valence-corrected chi connectivity index (χ2v) is 6.99. The van der Waals surface area contributed by atoms with Gasteiger partial charge in [0, 0.05) is 32.0 Å². The van der Waals surface area contributed by atoms with Gasteiger partial charge in [0.25, 0.3) is 5.91 Å². The standard InChI is InChI=1S/C20H25N3O3/c24-20(17-12-18(26-15-17)14-22-8-10-25-11-9-22)23-7-2-1-5-19(23)16-4-3-6-21-13-16/h3-4,6,12-13,15,19H,1-2,5,7-11,14H2/t19-/m1/s1. The zero-order chi connectivity index (χ0) is 17.8. The first-order chi connectivity index (χ1) is 12.8. The summed E-state index contributed by atoms with van der Waals surface area (Å²) in [5.74, 6) is 0.890. The van der Waals surface area contributed by atoms with Gasteiger partial charge in [-0.05, 0) is 37.0 Å². The molecule has 2 aliphatic rings. The fraction of sp³-hybridized carbons (Fsp3) is 0.500. The molecule has 6 nitrogen and oxygen atoms in total. The second kappa shape index (κ2) is 8.01. The summed E-state index contributed by atoms with van der Waals surface area (Å²) in [5, 5.41) is 0. The third-order valence-corrected chi connectivity index (χ3v) is 5.22. The first kappa shape index (κ1) is 17.2. The van der Waals surface area contributed by atoms with Crippen LogP contribution in [0.15, 0.2) is 41.3 Å². The van der Waals surface area contributed by atoms with Crippen LogP contribution in [0.4, 0.5) is 0 Å². The number of furan rings is 1. The van der Waals surface area contributed by atoms with Gasteiger partial charge < -0.3 is 14.1 Å². The van der Waals surface area contributed by atoms with Gasteiger partial charge in [0.15, 0.2) is 0 Å². The molecule has 0 N–H and O–H groups in total. The Morgan fingerprint density at radius 2 is 2.12 bits per heavy atom. The fourth-order valence-electron chi connectivity index (χ4n) is 3.82. The molecule has 0 unspecified atom stereocenters. The molecule has 26 heavy (non-hydrogen) atoms. The molecule has 0 aromatic carbocycles. The Bertz CT molecular complexity index is 725. The zero-order valence-electron chi connectivity index (χ0n) is 15.0. The maximum Gasteiger partial charge on any atom is 0.257 e. The molecular weight excluding hydrogens is 330 g/mol. The number of pyridine rings is 1. The van der Waals surface area contributed by atoms with Crippen molar-refractivity contribution < 1.29 is 13.9 Å². The molecule has 1 atom stereocenters. The molecule has 0 bridgehead atoms. The topological polar surface area (TPSA) is 58.8 Å². The van der Waals surface area contributed by atoms with Crippen LogP contribution in [0, 0.1) is 0 Å². The van der Waals surface area contributed by atoms with Crippen LogP contribution in [0.1, 0.15) is 47.0 Å². The van der Waals surface area contributed by atoms with Crippen LogP contribution >= 0.6 is 0 Å². The van der Waals surface area contributed by atoms with E-state index in [1.807, 2.05) is 23.2 Å². The Hall–Kier alpha value is -2.18. The monoisotopic (exact) mass is 355 g/mol. The maximum absolute atomic E-state index is 13.1. The zero-order valence-corrected chi connectivity index (χ0v) is 15.0. The number of ether oxygens (including phenoxy) is 1. The van der Waals surface area contributed by atoms with E-state index < -0.39 is 0 Å². The van der Waals surface area contributed by atoms with Gasteiger partial charge in [-0.3, -0.25) is 14.7 Å². The Kier molecular flexibility index (Phi) is 5.32. The predicted octanol–water partition coefficient (Wildman–Crippen LogP) is 2.87. The van der Waals surface area contributed by atoms with E-state index in [0.717, 1.165) is 70.0 Å². The van der Waals surface area contributed by atoms with Crippen molar-refractivity contribution in [3.63, 3.8) is 0 Å². The number of carbonyl (C=O) groups excluding carboxylic acids is 1. The molecule has 4 rings (SSSR count). The van der Waals surface area contributed by atoms with E-state index in [1.54, 1.807) is 12.5 Å². The molecule has 6 heteroatoms. The number of carbonyl (C=O) groups is 1. The number of aromatic nitrogens is 1. The van der Waals surface area contributed by atoms with Crippen molar-refractivity contribution in [3.05, 3.63) is 53.7 Å². The van der Waals surface area contributed by atoms with Crippen LogP contribution in [-0.4, -0.2) is 53.5 Å². The number of likely N-dealkylation sites (tertiary alicyclic amines) is 1. The number of piperidine rings is 1. The lowest BCUT2D eigenvalue weighted by atomic mass is 9.96. The van der Waals surface area contributed by atoms with Gasteiger partial charge in [0.05, 0.1) is 31.4 Å². The van der Waals surface area contributed by atoms with Crippen LogP contribution in [0.25, 0.3) is 0 Å². The van der Waals surface area contributed by atoms with Crippen LogP contribution in [0.2, 0.25) is 0 Å². The van der Waals surface area contributed by atoms with Crippen LogP contribution < -0.4 is 0 Å². The van der Waals surface area contributed by atoms with Crippen LogP contribution in [0.3, 0.4) is 0 Å². The van der Waals surface area contributed by atoms with Gasteiger partial charge in [-0.25, -0.2) is 0 Å². The summed E-state index contributed by atoms with van der Waals surface area (Å²) in [6.45, 7) is 4.82. The first-order valence-electron chi connectivity index (χ1n) is 9.39. The van der Waals surface area contributed by atoms with E-state index in [4.69, 9.17) is 9.15 Å². The normalized spacial score (nSPS) is 21.7. The number of amides is 1. The molecule has 0 saturated carbocycles. The molecule has 2 fully saturated rings. The minimum Gasteiger partial charge on any atom is -0.467 e. The second-order valence-electron chi connectivity index (χ2n) is 6.99. The molecule has 2 aliphatic heterocycles. The average Bonchev–Trinajstić information content (AvgIpc) is 3.17. The van der Waals surface area contributed by atoms with Crippen molar-refractivity contribution in [3.8, 4) is 0 Å². The quantitative estimate of drug-likeness (QED) is 0.844. The highest BCUT2D eigenvalue weighted by Gasteiger charge is 2.29. The Balaban J connectivity index is 1.47. The van der Waals surface area contributed by atoms with Gasteiger partial charge in [-0.15, -0.1) is 0 Å². The summed E-state index contributed by atoms with van der Waals surface area (Å²) in [4.78, 5) is 21.6. The number of hydrogen-bond donors (Lipinski definition) is 0. The van der Waals surface area contributed by atoms with Gasteiger partial charge in [0.1, 0.15) is 12.0 Å². The number of nitrogens with zero attached hydrogens (tertiary/aromatic N) is 3. The summed E-state index contributed by atoms with van der Waals surface area (Å²) in [6, 6.07) is 5.99. The van der Waals surface area contributed by atoms with E-state index in [2.05, 4.69) is 16.0 Å². The summed E-state index contributed by atoms with van der Waals surface area (Å²) < 4.78 is 11.1. The SMILES string of the molecule is O=C(c1coc(CN2CCOCC2)c1)N1CCCC[C@@H]1c1cccnc1. The molecule has 0 radical (unpaired) electrons. The molecule has 2 aromatic rings. The van der Waals surface area contributed by atoms with Crippen LogP contribution in [0.5, 0.6) is 0 Å². The molecule has 1 amide bonds. The number of rotatable bonds is 4. The largest absolute Gasteiger partial charge is 0.467 e. The lowest BCUT2D eigenvalue weighted by Gasteiger charge is -2.35. The fourth-order valence-corrected chi connectivity index (χ4v) is 3.82. The third kappa shape index (κ3) is 3.81. The Morgan fingerprint density at radius 3 is 2.92 bits per heavy atom. The maximum atomic E-state index is 13.1. The minimum absolute atomic E-state index is 0.0514. The molecular formula is C20H25N3O3. The van der Waals surface area contributed by atoms with Gasteiger partial charge in [-0.2, -0.15) is 0 Å². The number of hydrogen-bond acceptors (Lipinski definition) is 5. The van der Waals surface area contributed by atoms with E-state index in [1.165, 1.54) is 0 Å². The van der Waals surface area contributed by atoms with Crippen molar-refractivity contribution in [2.75, 3.05) is 32.8 Å². The summed E-state index contributed by atoms with van der Waals surface area (Å²) in [6.07, 6.45) is 8.41. The number of morpholine rings is 1. The van der Waals surface area contributed by atoms with Crippen molar-refractivity contribution in [1.29, 1.82) is 0 Å². The van der Waals surface area contributed by atoms with E-state index in [9.17, 15) is 4.79 Å². The summed E-state index contributed by atoms with van der Waals surface area (Å²) in [7, 11) is 0. The molecule has 2 aromatic heterocycles. The van der Waals surface area contributed by atoms with E-state index in [-0.39, 0.29) is 11.9 Å². The smallest absolute Gasteiger partial charge is 0.257 e. The molecule has 2 saturated heterocycles. The van der Waals surface area contributed by atoms with E-state index >= 15 is 0 Å². The average molecular weight is 355 g/mol. The van der Waals surface area contributed by atoms with Crippen molar-refractivity contribution >= 4 is 5.91 Å². The molecule has 4 heterocycles. The Labute approximate surface area is 153 Å². The Morgan fingerprint density at radius 1 is 1.23 bits per heavy atom. The minimum atomic E-state index is 0.0514. The van der Waals surface area contributed by atoms with Gasteiger partial charge >= 0.3 is 0 Å². The highest BCUT2D eigenvalue weighted by Crippen LogP contribution is 2.32. The van der Waals surface area contributed by atoms with Gasteiger partial charge in [0.2, 0.25) is 0 Å². The molecule has 138 valence electrons. The van der Waals surface area contributed by atoms with E-state index in [0.29, 0.717) is 5.56 Å². The van der Waals surface area contributed by atoms with Crippen LogP contribution in [-0.2, 0) is 11.3 Å². The summed E-state index contributed by atoms with van der Waals surface area (Å²) in [5.41, 5.74) is 1.75. The van der Waals surface area contributed by atoms with Crippen molar-refractivity contribution in [1.82, 2.24) is 14.8 Å². The first-order valence-corrected chi connectivity index (χ1v) is 9.39. The lowest BCUT2D eigenvalue weighted by Crippen LogP contribution is -2.38. The van der Waals surface area contributed by atoms with Gasteiger partial charge in [-0.1, -0.05) is 6.07 Å². The predicted molar refractivity (Wildman–Crippen MR) is 96.7 cm³/mol. The molecule has 0 aliphatic carbocycles. The van der Waals surface area contributed by atoms with Crippen molar-refractivity contribution in [2.45, 2.75) is 31.8 Å². The summed E-state index contributed by atoms with van der Waals surface area (Å²) >= 11 is 0. The third-order valence-electron chi connectivity index (χ3n) is 5.22. The van der Waals surface area contributed by atoms with Crippen molar-refractivity contribution in [2.24, 2.45) is 0 Å². The molecule has 0 spiro atoms. The lowest BCUT2D eigenvalue weighted by molar-refractivity contribution is 0.0313.